The summed E-state index contributed by atoms with van der Waals surface area (Å²) < 4.78 is 0. The highest BCUT2D eigenvalue weighted by atomic mass is 14.9. The Morgan fingerprint density at radius 3 is 2.54 bits per heavy atom. The molecule has 0 atom stereocenters. The van der Waals surface area contributed by atoms with Crippen LogP contribution in [0.15, 0.2) is 36.2 Å². The summed E-state index contributed by atoms with van der Waals surface area (Å²) >= 11 is 0. The molecule has 0 rings (SSSR count). The number of hydrogen-bond acceptors (Lipinski definition) is 2. The largest absolute Gasteiger partial charge is 0.397 e. The van der Waals surface area contributed by atoms with Gasteiger partial charge in [-0.2, -0.15) is 0 Å². The SMILES string of the molecule is C=C(C)CNC(=C)/C(N)=C\CCC. The fourth-order valence-corrected chi connectivity index (χ4v) is 0.783. The molecule has 0 unspecified atom stereocenters. The van der Waals surface area contributed by atoms with E-state index in [4.69, 9.17) is 5.73 Å². The molecule has 0 saturated carbocycles. The molecule has 3 N–H and O–H groups in total. The smallest absolute Gasteiger partial charge is 0.0503 e. The van der Waals surface area contributed by atoms with Gasteiger partial charge in [-0.15, -0.1) is 0 Å². The van der Waals surface area contributed by atoms with E-state index in [0.29, 0.717) is 0 Å². The van der Waals surface area contributed by atoms with Gasteiger partial charge in [0.1, 0.15) is 0 Å². The summed E-state index contributed by atoms with van der Waals surface area (Å²) in [6.07, 6.45) is 4.10. The van der Waals surface area contributed by atoms with E-state index in [9.17, 15) is 0 Å². The molecule has 0 aromatic carbocycles. The maximum Gasteiger partial charge on any atom is 0.0503 e. The molecule has 0 aromatic heterocycles. The fraction of sp³-hybridized carbons (Fsp3) is 0.455. The van der Waals surface area contributed by atoms with Crippen molar-refractivity contribution in [2.45, 2.75) is 26.7 Å². The van der Waals surface area contributed by atoms with Gasteiger partial charge in [-0.25, -0.2) is 0 Å². The Kier molecular flexibility index (Phi) is 5.77. The molecule has 74 valence electrons. The van der Waals surface area contributed by atoms with Crippen LogP contribution in [0.4, 0.5) is 0 Å². The van der Waals surface area contributed by atoms with Crippen LogP contribution >= 0.6 is 0 Å². The van der Waals surface area contributed by atoms with Crippen molar-refractivity contribution in [2.24, 2.45) is 5.73 Å². The highest BCUT2D eigenvalue weighted by Gasteiger charge is 1.95. The van der Waals surface area contributed by atoms with Crippen molar-refractivity contribution in [3.05, 3.63) is 36.2 Å². The first-order valence-corrected chi connectivity index (χ1v) is 4.61. The zero-order valence-corrected chi connectivity index (χ0v) is 8.69. The predicted molar refractivity (Wildman–Crippen MR) is 59.1 cm³/mol. The Labute approximate surface area is 81.2 Å². The Hall–Kier alpha value is -1.18. The minimum atomic E-state index is 0.736. The molecule has 0 spiro atoms. The van der Waals surface area contributed by atoms with Crippen LogP contribution in [-0.4, -0.2) is 6.54 Å². The maximum absolute atomic E-state index is 5.76. The van der Waals surface area contributed by atoms with E-state index in [1.807, 2.05) is 13.0 Å². The van der Waals surface area contributed by atoms with Gasteiger partial charge in [0.15, 0.2) is 0 Å². The molecule has 0 amide bonds. The number of nitrogens with two attached hydrogens (primary N) is 1. The summed E-state index contributed by atoms with van der Waals surface area (Å²) in [5.74, 6) is 0. The molecular formula is C11H20N2. The Morgan fingerprint density at radius 2 is 2.08 bits per heavy atom. The fourth-order valence-electron chi connectivity index (χ4n) is 0.783. The molecule has 0 bridgehead atoms. The summed E-state index contributed by atoms with van der Waals surface area (Å²) in [5.41, 5.74) is 8.36. The molecule has 0 aliphatic carbocycles. The lowest BCUT2D eigenvalue weighted by Gasteiger charge is -2.09. The van der Waals surface area contributed by atoms with Crippen molar-refractivity contribution in [3.8, 4) is 0 Å². The number of nitrogens with one attached hydrogen (secondary N) is 1. The molecule has 0 aromatic rings. The second-order valence-electron chi connectivity index (χ2n) is 3.24. The lowest BCUT2D eigenvalue weighted by Crippen LogP contribution is -2.19. The predicted octanol–water partition coefficient (Wildman–Crippen LogP) is 2.31. The van der Waals surface area contributed by atoms with Gasteiger partial charge in [-0.1, -0.05) is 38.2 Å². The van der Waals surface area contributed by atoms with Crippen LogP contribution in [0.5, 0.6) is 0 Å². The van der Waals surface area contributed by atoms with Crippen LogP contribution < -0.4 is 11.1 Å². The van der Waals surface area contributed by atoms with E-state index in [2.05, 4.69) is 25.4 Å². The molecule has 13 heavy (non-hydrogen) atoms. The van der Waals surface area contributed by atoms with Gasteiger partial charge >= 0.3 is 0 Å². The van der Waals surface area contributed by atoms with E-state index in [0.717, 1.165) is 36.4 Å². The van der Waals surface area contributed by atoms with Crippen molar-refractivity contribution >= 4 is 0 Å². The normalized spacial score (nSPS) is 11.1. The van der Waals surface area contributed by atoms with Crippen molar-refractivity contribution in [2.75, 3.05) is 6.54 Å². The third-order valence-corrected chi connectivity index (χ3v) is 1.60. The summed E-state index contributed by atoms with van der Waals surface area (Å²) in [4.78, 5) is 0. The molecule has 0 saturated heterocycles. The van der Waals surface area contributed by atoms with E-state index >= 15 is 0 Å². The Bertz CT molecular complexity index is 214. The molecule has 2 heteroatoms. The number of unbranched alkanes of at least 4 members (excludes halogenated alkanes) is 1. The molecule has 0 aliphatic heterocycles. The maximum atomic E-state index is 5.76. The van der Waals surface area contributed by atoms with Crippen molar-refractivity contribution in [1.82, 2.24) is 5.32 Å². The second kappa shape index (κ2) is 6.35. The first-order valence-electron chi connectivity index (χ1n) is 4.61. The van der Waals surface area contributed by atoms with E-state index in [1.165, 1.54) is 0 Å². The third-order valence-electron chi connectivity index (χ3n) is 1.60. The second-order valence-corrected chi connectivity index (χ2v) is 3.24. The molecule has 0 radical (unpaired) electrons. The van der Waals surface area contributed by atoms with Gasteiger partial charge in [0, 0.05) is 12.2 Å². The first-order chi connectivity index (χ1) is 6.07. The van der Waals surface area contributed by atoms with Crippen LogP contribution in [0.25, 0.3) is 0 Å². The number of hydrogen-bond donors (Lipinski definition) is 2. The van der Waals surface area contributed by atoms with Crippen LogP contribution in [0.2, 0.25) is 0 Å². The molecular weight excluding hydrogens is 160 g/mol. The summed E-state index contributed by atoms with van der Waals surface area (Å²) in [5, 5.41) is 3.10. The minimum Gasteiger partial charge on any atom is -0.397 e. The van der Waals surface area contributed by atoms with Crippen LogP contribution in [-0.2, 0) is 0 Å². The minimum absolute atomic E-state index is 0.736. The molecule has 2 nitrogen and oxygen atoms in total. The van der Waals surface area contributed by atoms with E-state index in [-0.39, 0.29) is 0 Å². The molecule has 0 aliphatic rings. The lowest BCUT2D eigenvalue weighted by atomic mass is 10.2. The number of allylic oxidation sites excluding steroid dienone is 1. The molecule has 0 fully saturated rings. The van der Waals surface area contributed by atoms with Crippen molar-refractivity contribution in [3.63, 3.8) is 0 Å². The monoisotopic (exact) mass is 180 g/mol. The Morgan fingerprint density at radius 1 is 1.46 bits per heavy atom. The van der Waals surface area contributed by atoms with E-state index < -0.39 is 0 Å². The average Bonchev–Trinajstić information content (AvgIpc) is 2.10. The third kappa shape index (κ3) is 6.02. The average molecular weight is 180 g/mol. The van der Waals surface area contributed by atoms with Gasteiger partial charge in [0.05, 0.1) is 5.70 Å². The topological polar surface area (TPSA) is 38.0 Å². The zero-order valence-electron chi connectivity index (χ0n) is 8.69. The number of rotatable bonds is 6. The first kappa shape index (κ1) is 11.8. The lowest BCUT2D eigenvalue weighted by molar-refractivity contribution is 0.869. The van der Waals surface area contributed by atoms with Crippen LogP contribution in [0.3, 0.4) is 0 Å². The van der Waals surface area contributed by atoms with Gasteiger partial charge < -0.3 is 11.1 Å². The summed E-state index contributed by atoms with van der Waals surface area (Å²) in [7, 11) is 0. The quantitative estimate of drug-likeness (QED) is 0.486. The molecule has 0 heterocycles. The summed E-state index contributed by atoms with van der Waals surface area (Å²) in [6, 6.07) is 0. The van der Waals surface area contributed by atoms with Crippen LogP contribution in [0, 0.1) is 0 Å². The Balaban J connectivity index is 3.89. The van der Waals surface area contributed by atoms with Crippen molar-refractivity contribution in [1.29, 1.82) is 0 Å². The highest BCUT2D eigenvalue weighted by Crippen LogP contribution is 2.00. The van der Waals surface area contributed by atoms with Gasteiger partial charge in [-0.3, -0.25) is 0 Å². The standard InChI is InChI=1S/C11H20N2/c1-5-6-7-11(12)10(4)13-8-9(2)3/h7,13H,2,4-6,8,12H2,1,3H3/b11-7+. The van der Waals surface area contributed by atoms with Gasteiger partial charge in [0.25, 0.3) is 0 Å². The summed E-state index contributed by atoms with van der Waals surface area (Å²) in [6.45, 7) is 12.4. The highest BCUT2D eigenvalue weighted by molar-refractivity contribution is 5.23. The van der Waals surface area contributed by atoms with Crippen molar-refractivity contribution < 1.29 is 0 Å². The van der Waals surface area contributed by atoms with Crippen LogP contribution in [0.1, 0.15) is 26.7 Å². The van der Waals surface area contributed by atoms with E-state index in [1.54, 1.807) is 0 Å². The zero-order chi connectivity index (χ0) is 10.3. The van der Waals surface area contributed by atoms with Gasteiger partial charge in [0.2, 0.25) is 0 Å². The van der Waals surface area contributed by atoms with Gasteiger partial charge in [-0.05, 0) is 13.3 Å².